The summed E-state index contributed by atoms with van der Waals surface area (Å²) in [4.78, 5) is 4.30. The Morgan fingerprint density at radius 2 is 1.92 bits per heavy atom. The number of benzene rings is 2. The largest absolute Gasteiger partial charge is 0.493 e. The molecular weight excluding hydrogens is 501 g/mol. The summed E-state index contributed by atoms with van der Waals surface area (Å²) in [5, 5.41) is 3.06. The molecule has 2 aromatic carbocycles. The number of halogens is 2. The van der Waals surface area contributed by atoms with Crippen LogP contribution in [0.4, 0.5) is 5.69 Å². The number of ether oxygens (including phenoxy) is 1. The van der Waals surface area contributed by atoms with Gasteiger partial charge in [0, 0.05) is 21.7 Å². The Kier molecular flexibility index (Phi) is 10.9. The van der Waals surface area contributed by atoms with E-state index in [-0.39, 0.29) is 24.0 Å². The van der Waals surface area contributed by atoms with Gasteiger partial charge in [0.2, 0.25) is 0 Å². The molecule has 2 aromatic rings. The molecule has 0 spiro atoms. The van der Waals surface area contributed by atoms with Gasteiger partial charge in [0.25, 0.3) is 0 Å². The predicted octanol–water partition coefficient (Wildman–Crippen LogP) is 4.61. The summed E-state index contributed by atoms with van der Waals surface area (Å²) in [6.45, 7) is 1.37. The zero-order chi connectivity index (χ0) is 16.3. The molecule has 130 valence electrons. The normalized spacial score (nSPS) is 10.8. The second-order valence-corrected chi connectivity index (χ2v) is 6.82. The van der Waals surface area contributed by atoms with Crippen LogP contribution < -0.4 is 15.8 Å². The van der Waals surface area contributed by atoms with E-state index in [2.05, 4.69) is 26.2 Å². The molecule has 0 heterocycles. The minimum Gasteiger partial charge on any atom is -0.493 e. The molecule has 0 atom stereocenters. The highest BCUT2D eigenvalue weighted by Gasteiger charge is 1.96. The summed E-state index contributed by atoms with van der Waals surface area (Å²) in [5.41, 5.74) is 6.79. The number of para-hydroxylation sites is 1. The fourth-order valence-corrected chi connectivity index (χ4v) is 2.82. The van der Waals surface area contributed by atoms with E-state index in [4.69, 9.17) is 10.5 Å². The number of nitrogens with zero attached hydrogens (tertiary/aromatic N) is 1. The fourth-order valence-electron chi connectivity index (χ4n) is 1.82. The first-order valence-corrected chi connectivity index (χ1v) is 9.27. The quantitative estimate of drug-likeness (QED) is 0.230. The van der Waals surface area contributed by atoms with Crippen molar-refractivity contribution in [3.8, 4) is 5.75 Å². The van der Waals surface area contributed by atoms with E-state index in [1.165, 1.54) is 0 Å². The van der Waals surface area contributed by atoms with Crippen LogP contribution in [0.5, 0.6) is 5.75 Å². The molecule has 0 saturated heterocycles. The Hall–Kier alpha value is -0.930. The third kappa shape index (κ3) is 8.79. The second-order valence-electron chi connectivity index (χ2n) is 4.68. The van der Waals surface area contributed by atoms with E-state index < -0.39 is 0 Å². The molecule has 0 aliphatic heterocycles. The van der Waals surface area contributed by atoms with Gasteiger partial charge in [-0.05, 0) is 30.3 Å². The highest BCUT2D eigenvalue weighted by Crippen LogP contribution is 2.17. The Morgan fingerprint density at radius 1 is 1.12 bits per heavy atom. The number of guanidine groups is 1. The predicted molar refractivity (Wildman–Crippen MR) is 119 cm³/mol. The molecule has 0 aromatic heterocycles. The molecule has 2 rings (SSSR count). The summed E-state index contributed by atoms with van der Waals surface area (Å²) in [7, 11) is 0. The summed E-state index contributed by atoms with van der Waals surface area (Å²) in [6.07, 6.45) is 0. The van der Waals surface area contributed by atoms with Gasteiger partial charge in [-0.25, -0.2) is 0 Å². The molecule has 0 fully saturated rings. The summed E-state index contributed by atoms with van der Waals surface area (Å²) in [5.74, 6) is 3.17. The number of thioether (sulfide) groups is 1. The van der Waals surface area contributed by atoms with E-state index in [1.54, 1.807) is 11.8 Å². The minimum absolute atomic E-state index is 0. The van der Waals surface area contributed by atoms with Crippen molar-refractivity contribution in [1.29, 1.82) is 0 Å². The molecule has 4 nitrogen and oxygen atoms in total. The van der Waals surface area contributed by atoms with Gasteiger partial charge in [-0.3, -0.25) is 4.99 Å². The van der Waals surface area contributed by atoms with Gasteiger partial charge in [0.1, 0.15) is 5.75 Å². The van der Waals surface area contributed by atoms with Crippen molar-refractivity contribution < 1.29 is 4.74 Å². The second kappa shape index (κ2) is 12.4. The Bertz CT molecular complexity index is 628. The van der Waals surface area contributed by atoms with Crippen LogP contribution in [0.3, 0.4) is 0 Å². The van der Waals surface area contributed by atoms with E-state index >= 15 is 0 Å². The van der Waals surface area contributed by atoms with Gasteiger partial charge in [-0.15, -0.1) is 24.0 Å². The lowest BCUT2D eigenvalue weighted by atomic mass is 10.3. The molecule has 24 heavy (non-hydrogen) atoms. The fraction of sp³-hybridized carbons (Fsp3) is 0.235. The standard InChI is InChI=1S/C17H20BrN3OS.HI/c18-14-5-4-8-16(13-14)22-10-12-23-11-9-20-17(19)21-15-6-2-1-3-7-15;/h1-8,13H,9-12H2,(H3,19,20,21);1H. The third-order valence-corrected chi connectivity index (χ3v) is 4.28. The topological polar surface area (TPSA) is 59.6 Å². The van der Waals surface area contributed by atoms with Crippen LogP contribution in [0.25, 0.3) is 0 Å². The third-order valence-electron chi connectivity index (χ3n) is 2.86. The zero-order valence-electron chi connectivity index (χ0n) is 13.2. The van der Waals surface area contributed by atoms with Crippen LogP contribution in [0.2, 0.25) is 0 Å². The van der Waals surface area contributed by atoms with E-state index in [0.717, 1.165) is 27.4 Å². The van der Waals surface area contributed by atoms with Gasteiger partial charge < -0.3 is 15.8 Å². The first-order chi connectivity index (χ1) is 11.2. The van der Waals surface area contributed by atoms with Crippen molar-refractivity contribution in [2.24, 2.45) is 10.7 Å². The Balaban J connectivity index is 0.00000288. The number of hydrogen-bond donors (Lipinski definition) is 2. The average Bonchev–Trinajstić information content (AvgIpc) is 2.55. The van der Waals surface area contributed by atoms with Crippen LogP contribution in [-0.4, -0.2) is 30.6 Å². The van der Waals surface area contributed by atoms with Crippen molar-refractivity contribution in [2.75, 3.05) is 30.0 Å². The smallest absolute Gasteiger partial charge is 0.193 e. The molecule has 0 bridgehead atoms. The summed E-state index contributed by atoms with van der Waals surface area (Å²) in [6, 6.07) is 17.6. The minimum atomic E-state index is 0. The van der Waals surface area contributed by atoms with Crippen LogP contribution >= 0.6 is 51.7 Å². The van der Waals surface area contributed by atoms with Crippen molar-refractivity contribution in [3.63, 3.8) is 0 Å². The summed E-state index contributed by atoms with van der Waals surface area (Å²) >= 11 is 5.22. The highest BCUT2D eigenvalue weighted by molar-refractivity contribution is 14.0. The zero-order valence-corrected chi connectivity index (χ0v) is 17.9. The maximum atomic E-state index is 5.84. The van der Waals surface area contributed by atoms with Gasteiger partial charge in [-0.2, -0.15) is 11.8 Å². The average molecular weight is 522 g/mol. The SMILES string of the molecule is I.NC(=NCCSCCOc1cccc(Br)c1)Nc1ccccc1. The molecule has 0 amide bonds. The molecule has 0 unspecified atom stereocenters. The van der Waals surface area contributed by atoms with Gasteiger partial charge in [0.05, 0.1) is 13.2 Å². The van der Waals surface area contributed by atoms with E-state index in [1.807, 2.05) is 54.6 Å². The Labute approximate surface area is 172 Å². The van der Waals surface area contributed by atoms with Crippen LogP contribution in [0.1, 0.15) is 0 Å². The maximum Gasteiger partial charge on any atom is 0.193 e. The van der Waals surface area contributed by atoms with Crippen molar-refractivity contribution in [1.82, 2.24) is 0 Å². The van der Waals surface area contributed by atoms with Crippen molar-refractivity contribution >= 4 is 63.3 Å². The highest BCUT2D eigenvalue weighted by atomic mass is 127. The number of nitrogens with two attached hydrogens (primary N) is 1. The molecule has 0 aliphatic carbocycles. The Morgan fingerprint density at radius 3 is 2.67 bits per heavy atom. The molecule has 7 heteroatoms. The lowest BCUT2D eigenvalue weighted by Crippen LogP contribution is -2.23. The molecule has 0 aliphatic rings. The van der Waals surface area contributed by atoms with Gasteiger partial charge >= 0.3 is 0 Å². The number of anilines is 1. The van der Waals surface area contributed by atoms with Crippen molar-refractivity contribution in [2.45, 2.75) is 0 Å². The number of rotatable bonds is 8. The molecule has 0 saturated carbocycles. The maximum absolute atomic E-state index is 5.84. The molecule has 0 radical (unpaired) electrons. The van der Waals surface area contributed by atoms with Gasteiger partial charge in [0.15, 0.2) is 5.96 Å². The van der Waals surface area contributed by atoms with E-state index in [9.17, 15) is 0 Å². The van der Waals surface area contributed by atoms with Crippen LogP contribution in [0, 0.1) is 0 Å². The molecular formula is C17H21BrIN3OS. The molecule has 3 N–H and O–H groups in total. The number of hydrogen-bond acceptors (Lipinski definition) is 3. The first-order valence-electron chi connectivity index (χ1n) is 7.32. The van der Waals surface area contributed by atoms with E-state index in [0.29, 0.717) is 19.1 Å². The monoisotopic (exact) mass is 521 g/mol. The van der Waals surface area contributed by atoms with Crippen LogP contribution in [0.15, 0.2) is 64.1 Å². The number of nitrogens with one attached hydrogen (secondary N) is 1. The van der Waals surface area contributed by atoms with Crippen molar-refractivity contribution in [3.05, 3.63) is 59.1 Å². The lowest BCUT2D eigenvalue weighted by molar-refractivity contribution is 0.344. The number of aliphatic imine (C=N–C) groups is 1. The van der Waals surface area contributed by atoms with Gasteiger partial charge in [-0.1, -0.05) is 40.2 Å². The lowest BCUT2D eigenvalue weighted by Gasteiger charge is -2.06. The van der Waals surface area contributed by atoms with Crippen LogP contribution in [-0.2, 0) is 0 Å². The summed E-state index contributed by atoms with van der Waals surface area (Å²) < 4.78 is 6.70. The first kappa shape index (κ1) is 21.1.